The SMILES string of the molecule is N#CC1NCCNC1Cl. The highest BCUT2D eigenvalue weighted by Crippen LogP contribution is 2.00. The zero-order valence-corrected chi connectivity index (χ0v) is 5.65. The van der Waals surface area contributed by atoms with Crippen LogP contribution in [0.4, 0.5) is 0 Å². The molecule has 9 heavy (non-hydrogen) atoms. The van der Waals surface area contributed by atoms with Crippen molar-refractivity contribution in [2.45, 2.75) is 11.5 Å². The number of hydrogen-bond acceptors (Lipinski definition) is 3. The third kappa shape index (κ3) is 1.55. The Morgan fingerprint density at radius 2 is 2.11 bits per heavy atom. The molecule has 0 aromatic rings. The molecule has 1 heterocycles. The van der Waals surface area contributed by atoms with Crippen LogP contribution < -0.4 is 10.6 Å². The first-order valence-corrected chi connectivity index (χ1v) is 3.28. The zero-order valence-electron chi connectivity index (χ0n) is 4.89. The van der Waals surface area contributed by atoms with E-state index >= 15 is 0 Å². The van der Waals surface area contributed by atoms with Gasteiger partial charge in [0.25, 0.3) is 0 Å². The summed E-state index contributed by atoms with van der Waals surface area (Å²) in [5, 5.41) is 14.4. The van der Waals surface area contributed by atoms with E-state index in [1.807, 2.05) is 6.07 Å². The van der Waals surface area contributed by atoms with E-state index in [1.165, 1.54) is 0 Å². The van der Waals surface area contributed by atoms with Gasteiger partial charge in [0.2, 0.25) is 0 Å². The molecular weight excluding hydrogens is 138 g/mol. The lowest BCUT2D eigenvalue weighted by molar-refractivity contribution is 0.445. The Morgan fingerprint density at radius 3 is 2.56 bits per heavy atom. The molecule has 4 heteroatoms. The molecule has 1 rings (SSSR count). The normalized spacial score (nSPS) is 35.6. The third-order valence-corrected chi connectivity index (χ3v) is 1.67. The van der Waals surface area contributed by atoms with Crippen LogP contribution in [0.15, 0.2) is 0 Å². The van der Waals surface area contributed by atoms with Crippen LogP contribution in [0.3, 0.4) is 0 Å². The summed E-state index contributed by atoms with van der Waals surface area (Å²) in [4.78, 5) is 0. The van der Waals surface area contributed by atoms with E-state index in [-0.39, 0.29) is 11.5 Å². The highest BCUT2D eigenvalue weighted by Gasteiger charge is 2.20. The second-order valence-corrected chi connectivity index (χ2v) is 2.39. The van der Waals surface area contributed by atoms with E-state index in [2.05, 4.69) is 10.6 Å². The number of nitrogens with one attached hydrogen (secondary N) is 2. The third-order valence-electron chi connectivity index (χ3n) is 1.26. The number of nitriles is 1. The molecule has 0 saturated carbocycles. The van der Waals surface area contributed by atoms with E-state index in [0.717, 1.165) is 13.1 Å². The number of alkyl halides is 1. The van der Waals surface area contributed by atoms with Gasteiger partial charge in [-0.25, -0.2) is 0 Å². The van der Waals surface area contributed by atoms with Gasteiger partial charge in [0.1, 0.15) is 11.5 Å². The Morgan fingerprint density at radius 1 is 1.44 bits per heavy atom. The van der Waals surface area contributed by atoms with E-state index in [4.69, 9.17) is 16.9 Å². The largest absolute Gasteiger partial charge is 0.298 e. The van der Waals surface area contributed by atoms with Crippen LogP contribution >= 0.6 is 11.6 Å². The molecule has 0 aromatic carbocycles. The molecule has 2 N–H and O–H groups in total. The molecule has 1 fully saturated rings. The van der Waals surface area contributed by atoms with Crippen molar-refractivity contribution in [2.24, 2.45) is 0 Å². The van der Waals surface area contributed by atoms with Crippen molar-refractivity contribution in [3.63, 3.8) is 0 Å². The van der Waals surface area contributed by atoms with Gasteiger partial charge in [0, 0.05) is 13.1 Å². The van der Waals surface area contributed by atoms with Crippen LogP contribution in [-0.2, 0) is 0 Å². The summed E-state index contributed by atoms with van der Waals surface area (Å²) >= 11 is 5.69. The van der Waals surface area contributed by atoms with Gasteiger partial charge in [-0.1, -0.05) is 0 Å². The summed E-state index contributed by atoms with van der Waals surface area (Å²) in [5.74, 6) is 0. The van der Waals surface area contributed by atoms with E-state index in [9.17, 15) is 0 Å². The first kappa shape index (κ1) is 6.81. The summed E-state index contributed by atoms with van der Waals surface area (Å²) in [6.07, 6.45) is 0. The van der Waals surface area contributed by atoms with Gasteiger partial charge in [-0.3, -0.25) is 10.6 Å². The Labute approximate surface area is 59.0 Å². The Hall–Kier alpha value is -0.300. The monoisotopic (exact) mass is 145 g/mol. The molecule has 0 aromatic heterocycles. The average Bonchev–Trinajstić information content (AvgIpc) is 1.89. The summed E-state index contributed by atoms with van der Waals surface area (Å²) in [6.45, 7) is 1.66. The minimum absolute atomic E-state index is 0.233. The molecule has 3 nitrogen and oxygen atoms in total. The van der Waals surface area contributed by atoms with Crippen molar-refractivity contribution in [3.8, 4) is 6.07 Å². The van der Waals surface area contributed by atoms with Gasteiger partial charge in [-0.15, -0.1) is 11.6 Å². The molecule has 0 radical (unpaired) electrons. The van der Waals surface area contributed by atoms with Gasteiger partial charge in [0.15, 0.2) is 0 Å². The molecule has 0 bridgehead atoms. The second kappa shape index (κ2) is 3.02. The fraction of sp³-hybridized carbons (Fsp3) is 0.800. The number of piperazine rings is 1. The zero-order chi connectivity index (χ0) is 6.69. The minimum Gasteiger partial charge on any atom is -0.298 e. The van der Waals surface area contributed by atoms with Crippen LogP contribution in [-0.4, -0.2) is 24.6 Å². The van der Waals surface area contributed by atoms with E-state index in [0.29, 0.717) is 0 Å². The maximum Gasteiger partial charge on any atom is 0.125 e. The van der Waals surface area contributed by atoms with Crippen molar-refractivity contribution in [1.82, 2.24) is 10.6 Å². The van der Waals surface area contributed by atoms with Gasteiger partial charge in [-0.05, 0) is 0 Å². The molecule has 1 saturated heterocycles. The number of hydrogen-bond donors (Lipinski definition) is 2. The van der Waals surface area contributed by atoms with Crippen molar-refractivity contribution in [2.75, 3.05) is 13.1 Å². The van der Waals surface area contributed by atoms with Gasteiger partial charge >= 0.3 is 0 Å². The molecular formula is C5H8ClN3. The van der Waals surface area contributed by atoms with E-state index in [1.54, 1.807) is 0 Å². The lowest BCUT2D eigenvalue weighted by Gasteiger charge is -2.23. The van der Waals surface area contributed by atoms with E-state index < -0.39 is 0 Å². The van der Waals surface area contributed by atoms with Crippen LogP contribution in [0, 0.1) is 11.3 Å². The van der Waals surface area contributed by atoms with Crippen molar-refractivity contribution >= 4 is 11.6 Å². The Kier molecular flexibility index (Phi) is 2.29. The number of halogens is 1. The van der Waals surface area contributed by atoms with Crippen molar-refractivity contribution in [3.05, 3.63) is 0 Å². The van der Waals surface area contributed by atoms with Crippen LogP contribution in [0.5, 0.6) is 0 Å². The summed E-state index contributed by atoms with van der Waals surface area (Å²) in [5.41, 5.74) is -0.233. The maximum absolute atomic E-state index is 8.42. The summed E-state index contributed by atoms with van der Waals surface area (Å²) in [6, 6.07) is 1.81. The van der Waals surface area contributed by atoms with Gasteiger partial charge < -0.3 is 0 Å². The number of nitrogens with zero attached hydrogens (tertiary/aromatic N) is 1. The Balaban J connectivity index is 2.41. The van der Waals surface area contributed by atoms with Gasteiger partial charge in [0.05, 0.1) is 6.07 Å². The minimum atomic E-state index is -0.236. The van der Waals surface area contributed by atoms with Crippen molar-refractivity contribution in [1.29, 1.82) is 5.26 Å². The standard InChI is InChI=1S/C5H8ClN3/c6-5-4(3-7)8-1-2-9-5/h4-5,8-9H,1-2H2. The lowest BCUT2D eigenvalue weighted by atomic mass is 10.2. The molecule has 1 aliphatic heterocycles. The fourth-order valence-electron chi connectivity index (χ4n) is 0.770. The first-order chi connectivity index (χ1) is 4.34. The maximum atomic E-state index is 8.42. The quantitative estimate of drug-likeness (QED) is 0.362. The molecule has 2 atom stereocenters. The predicted molar refractivity (Wildman–Crippen MR) is 35.0 cm³/mol. The fourth-order valence-corrected chi connectivity index (χ4v) is 1.02. The molecule has 0 aliphatic carbocycles. The summed E-state index contributed by atoms with van der Waals surface area (Å²) < 4.78 is 0. The van der Waals surface area contributed by atoms with Crippen LogP contribution in [0.25, 0.3) is 0 Å². The number of rotatable bonds is 0. The average molecular weight is 146 g/mol. The molecule has 2 unspecified atom stereocenters. The second-order valence-electron chi connectivity index (χ2n) is 1.92. The molecule has 0 spiro atoms. The van der Waals surface area contributed by atoms with Crippen molar-refractivity contribution < 1.29 is 0 Å². The molecule has 0 amide bonds. The van der Waals surface area contributed by atoms with Crippen LogP contribution in [0.2, 0.25) is 0 Å². The lowest BCUT2D eigenvalue weighted by Crippen LogP contribution is -2.52. The molecule has 1 aliphatic rings. The Bertz CT molecular complexity index is 131. The summed E-state index contributed by atoms with van der Waals surface area (Å²) in [7, 11) is 0. The highest BCUT2D eigenvalue weighted by atomic mass is 35.5. The highest BCUT2D eigenvalue weighted by molar-refractivity contribution is 6.21. The topological polar surface area (TPSA) is 47.9 Å². The predicted octanol–water partition coefficient (Wildman–Crippen LogP) is -0.364. The van der Waals surface area contributed by atoms with Gasteiger partial charge in [-0.2, -0.15) is 5.26 Å². The first-order valence-electron chi connectivity index (χ1n) is 2.85. The smallest absolute Gasteiger partial charge is 0.125 e. The molecule has 50 valence electrons. The van der Waals surface area contributed by atoms with Crippen LogP contribution in [0.1, 0.15) is 0 Å².